The summed E-state index contributed by atoms with van der Waals surface area (Å²) < 4.78 is 2.27. The molecule has 0 saturated heterocycles. The first-order valence-electron chi connectivity index (χ1n) is 11.8. The van der Waals surface area contributed by atoms with Crippen LogP contribution in [0, 0.1) is 5.92 Å². The second-order valence-corrected chi connectivity index (χ2v) is 9.30. The monoisotopic (exact) mass is 429 g/mol. The molecule has 0 spiro atoms. The highest BCUT2D eigenvalue weighted by molar-refractivity contribution is 5.92. The molecule has 168 valence electrons. The van der Waals surface area contributed by atoms with E-state index in [1.54, 1.807) is 6.92 Å². The van der Waals surface area contributed by atoms with Crippen molar-refractivity contribution in [2.45, 2.75) is 57.8 Å². The van der Waals surface area contributed by atoms with Gasteiger partial charge in [0.1, 0.15) is 5.78 Å². The first-order valence-corrected chi connectivity index (χ1v) is 11.8. The molecule has 0 N–H and O–H groups in total. The molecule has 0 unspecified atom stereocenters. The molecule has 0 amide bonds. The Morgan fingerprint density at radius 2 is 1.75 bits per heavy atom. The Hall–Kier alpha value is -2.94. The Morgan fingerprint density at radius 3 is 2.47 bits per heavy atom. The molecule has 3 nitrogen and oxygen atoms in total. The van der Waals surface area contributed by atoms with E-state index in [0.717, 1.165) is 32.1 Å². The Morgan fingerprint density at radius 1 is 1.00 bits per heavy atom. The maximum atomic E-state index is 12.6. The summed E-state index contributed by atoms with van der Waals surface area (Å²) in [7, 11) is 2.13. The minimum absolute atomic E-state index is 0. The molecule has 1 aromatic heterocycles. The minimum Gasteiger partial charge on any atom is -0.344 e. The predicted octanol–water partition coefficient (Wildman–Crippen LogP) is 7.25. The number of aryl methyl sites for hydroxylation is 1. The number of rotatable bonds is 8. The first kappa shape index (κ1) is 22.3. The summed E-state index contributed by atoms with van der Waals surface area (Å²) in [6.07, 6.45) is 6.01. The number of fused-ring (bicyclic) bond motifs is 1. The zero-order chi connectivity index (χ0) is 22.7. The summed E-state index contributed by atoms with van der Waals surface area (Å²) >= 11 is 0. The van der Waals surface area contributed by atoms with Gasteiger partial charge in [-0.2, -0.15) is 0 Å². The molecule has 32 heavy (non-hydrogen) atoms. The maximum absolute atomic E-state index is 12.6. The van der Waals surface area contributed by atoms with E-state index in [1.165, 1.54) is 27.7 Å². The Kier molecular flexibility index (Phi) is 6.74. The number of hydrogen-bond donors (Lipinski definition) is 0. The standard InChI is InChI=1S/C29H33NO2.H2/c1-20(21(2)31)8-6-13-29(32)23-16-14-22(15-17-23)24-10-7-11-25(18-24)28-19-26-9-4-5-12-27(26)30(28)3;/h4-5,7,9-12,18-19,22-23H,1,6,8,13-17H2,2-3H3;1H. The fraction of sp³-hybridized carbons (Fsp3) is 0.379. The van der Waals surface area contributed by atoms with E-state index in [9.17, 15) is 9.59 Å². The van der Waals surface area contributed by atoms with E-state index in [-0.39, 0.29) is 13.1 Å². The van der Waals surface area contributed by atoms with Gasteiger partial charge in [0, 0.05) is 37.4 Å². The van der Waals surface area contributed by atoms with Crippen LogP contribution in [0.2, 0.25) is 0 Å². The van der Waals surface area contributed by atoms with Crippen molar-refractivity contribution in [1.29, 1.82) is 0 Å². The molecule has 3 aromatic rings. The summed E-state index contributed by atoms with van der Waals surface area (Å²) in [6.45, 7) is 5.33. The highest BCUT2D eigenvalue weighted by Crippen LogP contribution is 2.38. The third-order valence-electron chi connectivity index (χ3n) is 7.19. The van der Waals surface area contributed by atoms with Crippen LogP contribution in [-0.2, 0) is 16.6 Å². The van der Waals surface area contributed by atoms with Gasteiger partial charge in [0.05, 0.1) is 0 Å². The number of ketones is 2. The zero-order valence-electron chi connectivity index (χ0n) is 19.3. The average molecular weight is 430 g/mol. The highest BCUT2D eigenvalue weighted by Gasteiger charge is 2.27. The largest absolute Gasteiger partial charge is 0.344 e. The van der Waals surface area contributed by atoms with Gasteiger partial charge in [-0.3, -0.25) is 9.59 Å². The highest BCUT2D eigenvalue weighted by atomic mass is 16.1. The topological polar surface area (TPSA) is 39.1 Å². The van der Waals surface area contributed by atoms with Crippen molar-refractivity contribution in [2.75, 3.05) is 0 Å². The number of para-hydroxylation sites is 1. The van der Waals surface area contributed by atoms with Crippen molar-refractivity contribution in [3.05, 3.63) is 72.3 Å². The van der Waals surface area contributed by atoms with E-state index >= 15 is 0 Å². The van der Waals surface area contributed by atoms with Gasteiger partial charge in [-0.05, 0) is 86.3 Å². The molecule has 0 radical (unpaired) electrons. The number of carbonyl (C=O) groups excluding carboxylic acids is 2. The predicted molar refractivity (Wildman–Crippen MR) is 134 cm³/mol. The van der Waals surface area contributed by atoms with Crippen LogP contribution in [0.25, 0.3) is 22.2 Å². The number of hydrogen-bond acceptors (Lipinski definition) is 2. The molecule has 1 fully saturated rings. The van der Waals surface area contributed by atoms with Crippen molar-refractivity contribution in [3.63, 3.8) is 0 Å². The average Bonchev–Trinajstić information content (AvgIpc) is 3.15. The lowest BCUT2D eigenvalue weighted by Gasteiger charge is -2.28. The number of allylic oxidation sites excluding steroid dienone is 1. The van der Waals surface area contributed by atoms with Gasteiger partial charge in [-0.25, -0.2) is 0 Å². The van der Waals surface area contributed by atoms with Crippen LogP contribution in [0.5, 0.6) is 0 Å². The van der Waals surface area contributed by atoms with Crippen molar-refractivity contribution in [2.24, 2.45) is 13.0 Å². The molecule has 0 bridgehead atoms. The molecule has 3 heteroatoms. The fourth-order valence-electron chi connectivity index (χ4n) is 5.12. The van der Waals surface area contributed by atoms with Gasteiger partial charge >= 0.3 is 0 Å². The number of Topliss-reactive ketones (excluding diaryl/α,β-unsaturated/α-hetero) is 2. The van der Waals surface area contributed by atoms with Crippen molar-refractivity contribution >= 4 is 22.5 Å². The molecular weight excluding hydrogens is 394 g/mol. The van der Waals surface area contributed by atoms with E-state index in [2.05, 4.69) is 72.8 Å². The number of benzene rings is 2. The van der Waals surface area contributed by atoms with Crippen LogP contribution in [0.15, 0.2) is 66.7 Å². The van der Waals surface area contributed by atoms with Gasteiger partial charge in [0.2, 0.25) is 0 Å². The number of carbonyl (C=O) groups is 2. The van der Waals surface area contributed by atoms with Crippen LogP contribution in [0.1, 0.15) is 64.8 Å². The van der Waals surface area contributed by atoms with E-state index in [0.29, 0.717) is 30.1 Å². The Balaban J connectivity index is 0.00000306. The van der Waals surface area contributed by atoms with Gasteiger partial charge in [0.25, 0.3) is 0 Å². The van der Waals surface area contributed by atoms with Crippen LogP contribution < -0.4 is 0 Å². The molecular formula is C29H35NO2. The van der Waals surface area contributed by atoms with Crippen LogP contribution in [0.4, 0.5) is 0 Å². The molecule has 2 aromatic carbocycles. The maximum Gasteiger partial charge on any atom is 0.155 e. The second kappa shape index (κ2) is 9.68. The summed E-state index contributed by atoms with van der Waals surface area (Å²) in [5.41, 5.74) is 5.76. The van der Waals surface area contributed by atoms with E-state index < -0.39 is 0 Å². The summed E-state index contributed by atoms with van der Waals surface area (Å²) in [5, 5.41) is 1.27. The summed E-state index contributed by atoms with van der Waals surface area (Å²) in [5.74, 6) is 1.09. The normalized spacial score (nSPS) is 18.6. The Labute approximate surface area is 192 Å². The van der Waals surface area contributed by atoms with E-state index in [4.69, 9.17) is 0 Å². The molecule has 1 heterocycles. The molecule has 4 rings (SSSR count). The third kappa shape index (κ3) is 4.77. The van der Waals surface area contributed by atoms with Gasteiger partial charge in [0.15, 0.2) is 5.78 Å². The summed E-state index contributed by atoms with van der Waals surface area (Å²) in [6, 6.07) is 19.7. The third-order valence-corrected chi connectivity index (χ3v) is 7.19. The van der Waals surface area contributed by atoms with Gasteiger partial charge in [-0.15, -0.1) is 0 Å². The van der Waals surface area contributed by atoms with Crippen molar-refractivity contribution in [3.8, 4) is 11.3 Å². The number of nitrogens with zero attached hydrogens (tertiary/aromatic N) is 1. The van der Waals surface area contributed by atoms with Crippen LogP contribution in [0.3, 0.4) is 0 Å². The van der Waals surface area contributed by atoms with Crippen LogP contribution >= 0.6 is 0 Å². The minimum atomic E-state index is 0. The fourth-order valence-corrected chi connectivity index (χ4v) is 5.12. The number of aromatic nitrogens is 1. The second-order valence-electron chi connectivity index (χ2n) is 9.30. The van der Waals surface area contributed by atoms with Gasteiger partial charge < -0.3 is 4.57 Å². The molecule has 0 aliphatic heterocycles. The lowest BCUT2D eigenvalue weighted by Crippen LogP contribution is -2.21. The Bertz CT molecular complexity index is 1150. The zero-order valence-corrected chi connectivity index (χ0v) is 19.3. The van der Waals surface area contributed by atoms with Gasteiger partial charge in [-0.1, -0.05) is 43.0 Å². The summed E-state index contributed by atoms with van der Waals surface area (Å²) in [4.78, 5) is 23.9. The van der Waals surface area contributed by atoms with Crippen LogP contribution in [-0.4, -0.2) is 16.1 Å². The quantitative estimate of drug-likeness (QED) is 0.354. The lowest BCUT2D eigenvalue weighted by atomic mass is 9.76. The van der Waals surface area contributed by atoms with Crippen molar-refractivity contribution in [1.82, 2.24) is 4.57 Å². The van der Waals surface area contributed by atoms with E-state index in [1.807, 2.05) is 0 Å². The SMILES string of the molecule is C=C(CCCC(=O)C1CCC(c2cccc(-c3cc4ccccc4n3C)c2)CC1)C(C)=O.[HH]. The smallest absolute Gasteiger partial charge is 0.155 e. The lowest BCUT2D eigenvalue weighted by molar-refractivity contribution is -0.124. The molecule has 1 aliphatic rings. The molecule has 1 aliphatic carbocycles. The first-order chi connectivity index (χ1) is 15.4. The molecule has 0 atom stereocenters. The van der Waals surface area contributed by atoms with Crippen molar-refractivity contribution < 1.29 is 11.0 Å². The molecule has 1 saturated carbocycles.